The summed E-state index contributed by atoms with van der Waals surface area (Å²) in [6, 6.07) is 5.85. The maximum Gasteiger partial charge on any atom is 0.229 e. The molecule has 1 fully saturated rings. The number of nitrogens with zero attached hydrogens (tertiary/aromatic N) is 3. The first kappa shape index (κ1) is 21.3. The highest BCUT2D eigenvalue weighted by molar-refractivity contribution is 5.60. The molecule has 0 amide bonds. The van der Waals surface area contributed by atoms with Crippen molar-refractivity contribution in [2.24, 2.45) is 0 Å². The molecule has 1 saturated heterocycles. The Kier molecular flexibility index (Phi) is 7.25. The summed E-state index contributed by atoms with van der Waals surface area (Å²) >= 11 is 0. The topological polar surface area (TPSA) is 62.3 Å². The second-order valence-electron chi connectivity index (χ2n) is 7.69. The fourth-order valence-electron chi connectivity index (χ4n) is 3.94. The third-order valence-electron chi connectivity index (χ3n) is 5.59. The molecule has 2 heterocycles. The quantitative estimate of drug-likeness (QED) is 0.644. The molecule has 0 bridgehead atoms. The van der Waals surface area contributed by atoms with Crippen molar-refractivity contribution in [3.05, 3.63) is 35.3 Å². The molecular formula is C22H32FN5O. The molecule has 29 heavy (non-hydrogen) atoms. The standard InChI is InChI=1S/C22H32FN5O/c1-15-14-20(24-3)27-22(25-15)26-18-10-11-19(29-4)17(21(18)23)9-7-8-16(2)28-12-5-6-13-28/h10-11,14,16H,5-9,12-13H2,1-4H3,(H2,24,25,26,27)/t16-/m1/s1. The Balaban J connectivity index is 1.72. The number of methoxy groups -OCH3 is 1. The van der Waals surface area contributed by atoms with Crippen LogP contribution in [0, 0.1) is 12.7 Å². The lowest BCUT2D eigenvalue weighted by atomic mass is 10.0. The molecule has 6 nitrogen and oxygen atoms in total. The minimum absolute atomic E-state index is 0.297. The first-order chi connectivity index (χ1) is 14.0. The van der Waals surface area contributed by atoms with E-state index >= 15 is 4.39 Å². The van der Waals surface area contributed by atoms with Crippen LogP contribution in [-0.4, -0.2) is 48.2 Å². The summed E-state index contributed by atoms with van der Waals surface area (Å²) in [5, 5.41) is 6.01. The predicted octanol–water partition coefficient (Wildman–Crippen LogP) is 4.53. The van der Waals surface area contributed by atoms with Crippen LogP contribution in [0.25, 0.3) is 0 Å². The van der Waals surface area contributed by atoms with Crippen LogP contribution in [0.4, 0.5) is 21.8 Å². The van der Waals surface area contributed by atoms with E-state index in [4.69, 9.17) is 4.74 Å². The number of halogens is 1. The van der Waals surface area contributed by atoms with Crippen LogP contribution in [0.5, 0.6) is 5.75 Å². The molecule has 1 aliphatic rings. The lowest BCUT2D eigenvalue weighted by Crippen LogP contribution is -2.30. The van der Waals surface area contributed by atoms with Crippen molar-refractivity contribution in [3.8, 4) is 5.75 Å². The van der Waals surface area contributed by atoms with Crippen LogP contribution < -0.4 is 15.4 Å². The van der Waals surface area contributed by atoms with Crippen LogP contribution in [0.15, 0.2) is 18.2 Å². The van der Waals surface area contributed by atoms with E-state index in [1.165, 1.54) is 25.9 Å². The minimum Gasteiger partial charge on any atom is -0.496 e. The monoisotopic (exact) mass is 401 g/mol. The Morgan fingerprint density at radius 3 is 2.69 bits per heavy atom. The molecule has 2 N–H and O–H groups in total. The highest BCUT2D eigenvalue weighted by Crippen LogP contribution is 2.31. The molecule has 0 spiro atoms. The van der Waals surface area contributed by atoms with Crippen molar-refractivity contribution in [1.82, 2.24) is 14.9 Å². The molecule has 158 valence electrons. The zero-order valence-electron chi connectivity index (χ0n) is 17.9. The third-order valence-corrected chi connectivity index (χ3v) is 5.59. The number of hydrogen-bond donors (Lipinski definition) is 2. The SMILES string of the molecule is CNc1cc(C)nc(Nc2ccc(OC)c(CCC[C@@H](C)N3CCCC3)c2F)n1. The maximum atomic E-state index is 15.3. The van der Waals surface area contributed by atoms with Gasteiger partial charge in [-0.15, -0.1) is 0 Å². The lowest BCUT2D eigenvalue weighted by Gasteiger charge is -2.23. The Labute approximate surface area is 172 Å². The average Bonchev–Trinajstić information content (AvgIpc) is 3.25. The number of hydrogen-bond acceptors (Lipinski definition) is 6. The maximum absolute atomic E-state index is 15.3. The number of anilines is 3. The molecule has 0 radical (unpaired) electrons. The number of benzene rings is 1. The Bertz CT molecular complexity index is 823. The second kappa shape index (κ2) is 9.87. The van der Waals surface area contributed by atoms with Gasteiger partial charge in [-0.25, -0.2) is 9.37 Å². The summed E-state index contributed by atoms with van der Waals surface area (Å²) < 4.78 is 20.7. The van der Waals surface area contributed by atoms with Crippen molar-refractivity contribution in [2.75, 3.05) is 37.9 Å². The molecule has 7 heteroatoms. The van der Waals surface area contributed by atoms with Gasteiger partial charge in [-0.1, -0.05) is 0 Å². The van der Waals surface area contributed by atoms with Gasteiger partial charge < -0.3 is 20.3 Å². The van der Waals surface area contributed by atoms with E-state index in [2.05, 4.69) is 32.4 Å². The molecule has 0 unspecified atom stereocenters. The molecule has 2 aromatic rings. The number of nitrogens with one attached hydrogen (secondary N) is 2. The normalized spacial score (nSPS) is 15.3. The average molecular weight is 402 g/mol. The molecule has 1 aromatic heterocycles. The summed E-state index contributed by atoms with van der Waals surface area (Å²) in [5.41, 5.74) is 1.77. The van der Waals surface area contributed by atoms with E-state index in [0.29, 0.717) is 41.2 Å². The van der Waals surface area contributed by atoms with Gasteiger partial charge in [-0.2, -0.15) is 4.98 Å². The largest absolute Gasteiger partial charge is 0.496 e. The van der Waals surface area contributed by atoms with Gasteiger partial charge in [0.1, 0.15) is 11.6 Å². The Hall–Kier alpha value is -2.41. The second-order valence-corrected chi connectivity index (χ2v) is 7.69. The summed E-state index contributed by atoms with van der Waals surface area (Å²) in [7, 11) is 3.38. The first-order valence-electron chi connectivity index (χ1n) is 10.4. The zero-order valence-corrected chi connectivity index (χ0v) is 17.9. The van der Waals surface area contributed by atoms with E-state index in [9.17, 15) is 0 Å². The highest BCUT2D eigenvalue weighted by Gasteiger charge is 2.19. The van der Waals surface area contributed by atoms with Gasteiger partial charge in [0, 0.05) is 30.4 Å². The van der Waals surface area contributed by atoms with E-state index in [-0.39, 0.29) is 5.82 Å². The van der Waals surface area contributed by atoms with Gasteiger partial charge in [-0.05, 0) is 71.2 Å². The van der Waals surface area contributed by atoms with Crippen molar-refractivity contribution < 1.29 is 9.13 Å². The summed E-state index contributed by atoms with van der Waals surface area (Å²) in [6.45, 7) is 6.52. The molecular weight excluding hydrogens is 369 g/mol. The van der Waals surface area contributed by atoms with E-state index in [1.54, 1.807) is 26.3 Å². The van der Waals surface area contributed by atoms with Crippen LogP contribution in [0.3, 0.4) is 0 Å². The highest BCUT2D eigenvalue weighted by atomic mass is 19.1. The first-order valence-corrected chi connectivity index (χ1v) is 10.4. The van der Waals surface area contributed by atoms with E-state index in [0.717, 1.165) is 18.5 Å². The molecule has 0 saturated carbocycles. The molecule has 3 rings (SSSR count). The van der Waals surface area contributed by atoms with Crippen LogP contribution in [0.2, 0.25) is 0 Å². The number of rotatable bonds is 9. The van der Waals surface area contributed by atoms with Gasteiger partial charge in [0.15, 0.2) is 5.82 Å². The molecule has 1 atom stereocenters. The van der Waals surface area contributed by atoms with Gasteiger partial charge in [-0.3, -0.25) is 0 Å². The Morgan fingerprint density at radius 1 is 1.24 bits per heavy atom. The number of likely N-dealkylation sites (tertiary alicyclic amines) is 1. The number of aromatic nitrogens is 2. The smallest absolute Gasteiger partial charge is 0.229 e. The minimum atomic E-state index is -0.297. The molecule has 1 aromatic carbocycles. The Morgan fingerprint density at radius 2 is 2.00 bits per heavy atom. The van der Waals surface area contributed by atoms with Crippen LogP contribution in [0.1, 0.15) is 43.9 Å². The van der Waals surface area contributed by atoms with Gasteiger partial charge in [0.05, 0.1) is 12.8 Å². The van der Waals surface area contributed by atoms with Gasteiger partial charge in [0.25, 0.3) is 0 Å². The fourth-order valence-corrected chi connectivity index (χ4v) is 3.94. The van der Waals surface area contributed by atoms with Crippen molar-refractivity contribution >= 4 is 17.5 Å². The zero-order chi connectivity index (χ0) is 20.8. The molecule has 1 aliphatic heterocycles. The van der Waals surface area contributed by atoms with Crippen molar-refractivity contribution in [1.29, 1.82) is 0 Å². The third kappa shape index (κ3) is 5.35. The van der Waals surface area contributed by atoms with Gasteiger partial charge >= 0.3 is 0 Å². The van der Waals surface area contributed by atoms with Crippen LogP contribution in [-0.2, 0) is 6.42 Å². The number of aryl methyl sites for hydroxylation is 1. The molecule has 0 aliphatic carbocycles. The predicted molar refractivity (Wildman–Crippen MR) is 116 cm³/mol. The van der Waals surface area contributed by atoms with Crippen LogP contribution >= 0.6 is 0 Å². The van der Waals surface area contributed by atoms with Gasteiger partial charge in [0.2, 0.25) is 5.95 Å². The summed E-state index contributed by atoms with van der Waals surface area (Å²) in [5.74, 6) is 1.34. The summed E-state index contributed by atoms with van der Waals surface area (Å²) in [6.07, 6.45) is 5.18. The van der Waals surface area contributed by atoms with E-state index in [1.807, 2.05) is 13.0 Å². The van der Waals surface area contributed by atoms with Crippen molar-refractivity contribution in [2.45, 2.75) is 52.0 Å². The number of ether oxygens (including phenoxy) is 1. The van der Waals surface area contributed by atoms with Crippen molar-refractivity contribution in [3.63, 3.8) is 0 Å². The summed E-state index contributed by atoms with van der Waals surface area (Å²) in [4.78, 5) is 11.2. The van der Waals surface area contributed by atoms with E-state index < -0.39 is 0 Å². The lowest BCUT2D eigenvalue weighted by molar-refractivity contribution is 0.243. The fraction of sp³-hybridized carbons (Fsp3) is 0.545.